The third kappa shape index (κ3) is 5.48. The Hall–Kier alpha value is -0.420. The molecular formula is C13H27N3OS. The first-order valence-electron chi connectivity index (χ1n) is 6.85. The predicted octanol–water partition coefficient (Wildman–Crippen LogP) is 2.41. The molecule has 1 aliphatic rings. The number of nitrogens with two attached hydrogens (primary N) is 1. The molecule has 0 aromatic heterocycles. The SMILES string of the molecule is CC(C)(CCCCNC1CCSCC1)C(N)=NO. The summed E-state index contributed by atoms with van der Waals surface area (Å²) in [6.07, 6.45) is 5.84. The van der Waals surface area contributed by atoms with Crippen molar-refractivity contribution in [3.8, 4) is 0 Å². The van der Waals surface area contributed by atoms with Gasteiger partial charge in [0.25, 0.3) is 0 Å². The fraction of sp³-hybridized carbons (Fsp3) is 0.923. The van der Waals surface area contributed by atoms with E-state index in [-0.39, 0.29) is 5.41 Å². The van der Waals surface area contributed by atoms with E-state index in [9.17, 15) is 0 Å². The van der Waals surface area contributed by atoms with Crippen LogP contribution < -0.4 is 11.1 Å². The summed E-state index contributed by atoms with van der Waals surface area (Å²) in [5.74, 6) is 2.93. The van der Waals surface area contributed by atoms with E-state index in [1.165, 1.54) is 24.3 Å². The Morgan fingerprint density at radius 1 is 1.39 bits per heavy atom. The average Bonchev–Trinajstić information content (AvgIpc) is 2.38. The van der Waals surface area contributed by atoms with Crippen LogP contribution in [0.25, 0.3) is 0 Å². The molecule has 0 saturated carbocycles. The van der Waals surface area contributed by atoms with E-state index in [4.69, 9.17) is 10.9 Å². The molecule has 0 radical (unpaired) electrons. The first-order valence-corrected chi connectivity index (χ1v) is 8.01. The van der Waals surface area contributed by atoms with Crippen molar-refractivity contribution in [2.75, 3.05) is 18.1 Å². The number of unbranched alkanes of at least 4 members (excludes halogenated alkanes) is 1. The van der Waals surface area contributed by atoms with E-state index in [0.717, 1.165) is 31.8 Å². The maximum atomic E-state index is 8.69. The van der Waals surface area contributed by atoms with Crippen LogP contribution in [0.2, 0.25) is 0 Å². The molecule has 4 N–H and O–H groups in total. The number of nitrogens with zero attached hydrogens (tertiary/aromatic N) is 1. The van der Waals surface area contributed by atoms with Gasteiger partial charge < -0.3 is 16.3 Å². The van der Waals surface area contributed by atoms with Crippen molar-refractivity contribution in [3.05, 3.63) is 0 Å². The Bertz CT molecular complexity index is 263. The quantitative estimate of drug-likeness (QED) is 0.219. The molecule has 0 aliphatic carbocycles. The third-order valence-electron chi connectivity index (χ3n) is 3.68. The Kier molecular flexibility index (Phi) is 6.86. The summed E-state index contributed by atoms with van der Waals surface area (Å²) in [6, 6.07) is 0.725. The zero-order valence-electron chi connectivity index (χ0n) is 11.6. The number of amidine groups is 1. The van der Waals surface area contributed by atoms with Gasteiger partial charge in [0.15, 0.2) is 0 Å². The fourth-order valence-corrected chi connectivity index (χ4v) is 3.27. The van der Waals surface area contributed by atoms with Gasteiger partial charge in [-0.05, 0) is 43.7 Å². The maximum Gasteiger partial charge on any atom is 0.144 e. The molecule has 5 heteroatoms. The van der Waals surface area contributed by atoms with Crippen molar-refractivity contribution < 1.29 is 5.21 Å². The second-order valence-electron chi connectivity index (χ2n) is 5.67. The van der Waals surface area contributed by atoms with Crippen molar-refractivity contribution in [2.24, 2.45) is 16.3 Å². The first-order chi connectivity index (χ1) is 8.56. The summed E-state index contributed by atoms with van der Waals surface area (Å²) < 4.78 is 0. The first kappa shape index (κ1) is 15.6. The Labute approximate surface area is 115 Å². The summed E-state index contributed by atoms with van der Waals surface area (Å²) in [6.45, 7) is 5.13. The molecule has 1 heterocycles. The number of hydrogen-bond donors (Lipinski definition) is 3. The molecule has 1 fully saturated rings. The Morgan fingerprint density at radius 2 is 2.06 bits per heavy atom. The molecule has 18 heavy (non-hydrogen) atoms. The van der Waals surface area contributed by atoms with E-state index in [0.29, 0.717) is 5.84 Å². The zero-order valence-corrected chi connectivity index (χ0v) is 12.4. The van der Waals surface area contributed by atoms with Gasteiger partial charge in [-0.1, -0.05) is 25.4 Å². The van der Waals surface area contributed by atoms with Crippen LogP contribution in [0, 0.1) is 5.41 Å². The van der Waals surface area contributed by atoms with E-state index >= 15 is 0 Å². The van der Waals surface area contributed by atoms with Gasteiger partial charge >= 0.3 is 0 Å². The zero-order chi connectivity index (χ0) is 13.4. The molecule has 0 atom stereocenters. The maximum absolute atomic E-state index is 8.69. The third-order valence-corrected chi connectivity index (χ3v) is 4.73. The molecule has 1 saturated heterocycles. The minimum Gasteiger partial charge on any atom is -0.409 e. The van der Waals surface area contributed by atoms with Crippen molar-refractivity contribution in [1.29, 1.82) is 0 Å². The van der Waals surface area contributed by atoms with Crippen LogP contribution in [0.15, 0.2) is 5.16 Å². The van der Waals surface area contributed by atoms with Crippen LogP contribution in [0.5, 0.6) is 0 Å². The van der Waals surface area contributed by atoms with Gasteiger partial charge in [-0.15, -0.1) is 0 Å². The van der Waals surface area contributed by atoms with Crippen LogP contribution in [0.1, 0.15) is 46.0 Å². The number of oxime groups is 1. The lowest BCUT2D eigenvalue weighted by Crippen LogP contribution is -2.34. The lowest BCUT2D eigenvalue weighted by atomic mass is 9.86. The van der Waals surface area contributed by atoms with Crippen LogP contribution in [0.3, 0.4) is 0 Å². The molecule has 0 aromatic rings. The summed E-state index contributed by atoms with van der Waals surface area (Å²) in [5, 5.41) is 15.4. The van der Waals surface area contributed by atoms with Gasteiger partial charge in [0.2, 0.25) is 0 Å². The highest BCUT2D eigenvalue weighted by Gasteiger charge is 2.22. The van der Waals surface area contributed by atoms with Crippen molar-refractivity contribution in [1.82, 2.24) is 5.32 Å². The van der Waals surface area contributed by atoms with E-state index < -0.39 is 0 Å². The monoisotopic (exact) mass is 273 g/mol. The van der Waals surface area contributed by atoms with Gasteiger partial charge in [-0.3, -0.25) is 0 Å². The molecular weight excluding hydrogens is 246 g/mol. The van der Waals surface area contributed by atoms with Crippen LogP contribution in [-0.2, 0) is 0 Å². The number of rotatable bonds is 7. The van der Waals surface area contributed by atoms with Gasteiger partial charge in [0.1, 0.15) is 5.84 Å². The number of thioether (sulfide) groups is 1. The number of hydrogen-bond acceptors (Lipinski definition) is 4. The van der Waals surface area contributed by atoms with E-state index in [2.05, 4.69) is 22.2 Å². The summed E-state index contributed by atoms with van der Waals surface area (Å²) >= 11 is 2.06. The molecule has 0 aromatic carbocycles. The summed E-state index contributed by atoms with van der Waals surface area (Å²) in [5.41, 5.74) is 5.47. The predicted molar refractivity (Wildman–Crippen MR) is 79.4 cm³/mol. The fourth-order valence-electron chi connectivity index (χ4n) is 2.16. The number of nitrogens with one attached hydrogen (secondary N) is 1. The van der Waals surface area contributed by atoms with Gasteiger partial charge in [-0.25, -0.2) is 0 Å². The van der Waals surface area contributed by atoms with Gasteiger partial charge in [0, 0.05) is 11.5 Å². The van der Waals surface area contributed by atoms with Crippen molar-refractivity contribution in [3.63, 3.8) is 0 Å². The second-order valence-corrected chi connectivity index (χ2v) is 6.89. The smallest absolute Gasteiger partial charge is 0.144 e. The molecule has 0 bridgehead atoms. The molecule has 1 aliphatic heterocycles. The Morgan fingerprint density at radius 3 is 2.67 bits per heavy atom. The highest BCUT2D eigenvalue weighted by atomic mass is 32.2. The molecule has 0 spiro atoms. The van der Waals surface area contributed by atoms with Crippen molar-refractivity contribution in [2.45, 2.75) is 52.0 Å². The van der Waals surface area contributed by atoms with Crippen LogP contribution in [0.4, 0.5) is 0 Å². The van der Waals surface area contributed by atoms with Crippen LogP contribution >= 0.6 is 11.8 Å². The van der Waals surface area contributed by atoms with E-state index in [1.807, 2.05) is 13.8 Å². The standard InChI is InChI=1S/C13H27N3OS/c1-13(2,12(14)16-17)7-3-4-8-15-11-5-9-18-10-6-11/h11,15,17H,3-10H2,1-2H3,(H2,14,16). The minimum atomic E-state index is -0.198. The van der Waals surface area contributed by atoms with E-state index in [1.54, 1.807) is 0 Å². The topological polar surface area (TPSA) is 70.6 Å². The minimum absolute atomic E-state index is 0.198. The second kappa shape index (κ2) is 7.89. The summed E-state index contributed by atoms with van der Waals surface area (Å²) in [4.78, 5) is 0. The normalized spacial score (nSPS) is 19.1. The highest BCUT2D eigenvalue weighted by molar-refractivity contribution is 7.99. The van der Waals surface area contributed by atoms with Crippen LogP contribution in [-0.4, -0.2) is 35.1 Å². The van der Waals surface area contributed by atoms with Gasteiger partial charge in [-0.2, -0.15) is 11.8 Å². The largest absolute Gasteiger partial charge is 0.409 e. The molecule has 4 nitrogen and oxygen atoms in total. The molecule has 0 unspecified atom stereocenters. The lowest BCUT2D eigenvalue weighted by Gasteiger charge is -2.24. The molecule has 1 rings (SSSR count). The summed E-state index contributed by atoms with van der Waals surface area (Å²) in [7, 11) is 0. The Balaban J connectivity index is 2.07. The molecule has 106 valence electrons. The van der Waals surface area contributed by atoms with Crippen molar-refractivity contribution >= 4 is 17.6 Å². The highest BCUT2D eigenvalue weighted by Crippen LogP contribution is 2.23. The average molecular weight is 273 g/mol. The van der Waals surface area contributed by atoms with Gasteiger partial charge in [0.05, 0.1) is 0 Å². The molecule has 0 amide bonds. The lowest BCUT2D eigenvalue weighted by molar-refractivity contribution is 0.304.